The van der Waals surface area contributed by atoms with Gasteiger partial charge < -0.3 is 31.0 Å². The Labute approximate surface area is 233 Å². The molecule has 2 aromatic heterocycles. The van der Waals surface area contributed by atoms with Gasteiger partial charge in [0.25, 0.3) is 0 Å². The van der Waals surface area contributed by atoms with Crippen molar-refractivity contribution in [2.45, 2.75) is 12.2 Å². The van der Waals surface area contributed by atoms with Gasteiger partial charge in [-0.3, -0.25) is 10.4 Å². The number of aromatic amines is 1. The third kappa shape index (κ3) is 5.93. The maximum atomic E-state index is 15.5. The van der Waals surface area contributed by atoms with E-state index in [2.05, 4.69) is 25.1 Å². The van der Waals surface area contributed by atoms with E-state index in [4.69, 9.17) is 26.4 Å². The lowest BCUT2D eigenvalue weighted by Gasteiger charge is -2.21. The Morgan fingerprint density at radius 2 is 1.81 bits per heavy atom. The number of amidine groups is 1. The standard InChI is InChI=1S/C25H22F4N8O5/c1-40-17-9-13(14(26)10-18(17)41-2)19(22-35-24(39)37(36-22)15-4-3-7-33-21(15)32)34-11-5-6-12(20(30)31)16(8-11)42-23(38)25(27,28)29/h3-10,19,34H,1-2H3,(H3,30,31)(H2,32,33)(H,35,36,39). The first-order valence-electron chi connectivity index (χ1n) is 11.7. The number of anilines is 2. The second-order valence-electron chi connectivity index (χ2n) is 8.45. The summed E-state index contributed by atoms with van der Waals surface area (Å²) < 4.78 is 70.0. The number of H-pyrrole nitrogens is 1. The first-order chi connectivity index (χ1) is 19.8. The zero-order chi connectivity index (χ0) is 30.8. The van der Waals surface area contributed by atoms with Gasteiger partial charge in [-0.2, -0.15) is 17.9 Å². The fourth-order valence-electron chi connectivity index (χ4n) is 3.85. The van der Waals surface area contributed by atoms with E-state index < -0.39 is 41.3 Å². The van der Waals surface area contributed by atoms with Crippen molar-refractivity contribution in [1.82, 2.24) is 19.7 Å². The Bertz CT molecular complexity index is 1720. The molecule has 1 unspecified atom stereocenters. The number of hydrogen-bond donors (Lipinski definition) is 5. The van der Waals surface area contributed by atoms with Crippen LogP contribution in [-0.2, 0) is 4.79 Å². The molecule has 7 N–H and O–H groups in total. The van der Waals surface area contributed by atoms with Gasteiger partial charge in [-0.1, -0.05) is 0 Å². The minimum atomic E-state index is -5.34. The van der Waals surface area contributed by atoms with E-state index in [1.807, 2.05) is 0 Å². The molecule has 0 aliphatic heterocycles. The molecule has 42 heavy (non-hydrogen) atoms. The number of hydrogen-bond acceptors (Lipinski definition) is 10. The first-order valence-corrected chi connectivity index (χ1v) is 11.7. The summed E-state index contributed by atoms with van der Waals surface area (Å²) in [6.07, 6.45) is -3.95. The van der Waals surface area contributed by atoms with E-state index >= 15 is 4.39 Å². The number of halogens is 4. The first kappa shape index (κ1) is 29.4. The molecule has 0 radical (unpaired) electrons. The predicted molar refractivity (Wildman–Crippen MR) is 141 cm³/mol. The molecule has 2 aromatic carbocycles. The lowest BCUT2D eigenvalue weighted by atomic mass is 10.0. The number of benzene rings is 2. The summed E-state index contributed by atoms with van der Waals surface area (Å²) in [5.74, 6) is -4.84. The second kappa shape index (κ2) is 11.5. The SMILES string of the molecule is COc1cc(F)c(C(Nc2ccc(C(=N)N)c(OC(=O)C(F)(F)F)c2)c2nn(-c3cccnc3N)c(=O)[nH]2)cc1OC. The number of nitrogens with two attached hydrogens (primary N) is 2. The van der Waals surface area contributed by atoms with Crippen LogP contribution in [0.15, 0.2) is 53.5 Å². The van der Waals surface area contributed by atoms with Gasteiger partial charge in [-0.05, 0) is 30.3 Å². The third-order valence-electron chi connectivity index (χ3n) is 5.78. The highest BCUT2D eigenvalue weighted by molar-refractivity contribution is 5.99. The number of carbonyl (C=O) groups is 1. The number of nitrogen functional groups attached to an aromatic ring is 2. The third-order valence-corrected chi connectivity index (χ3v) is 5.78. The molecule has 17 heteroatoms. The highest BCUT2D eigenvalue weighted by Crippen LogP contribution is 2.36. The Hall–Kier alpha value is -5.61. The van der Waals surface area contributed by atoms with Crippen molar-refractivity contribution in [3.63, 3.8) is 0 Å². The zero-order valence-electron chi connectivity index (χ0n) is 21.7. The quantitative estimate of drug-likeness (QED) is 0.0635. The van der Waals surface area contributed by atoms with Crippen LogP contribution in [0.25, 0.3) is 5.69 Å². The van der Waals surface area contributed by atoms with E-state index in [0.29, 0.717) is 0 Å². The highest BCUT2D eigenvalue weighted by atomic mass is 19.4. The van der Waals surface area contributed by atoms with Crippen molar-refractivity contribution in [1.29, 1.82) is 5.41 Å². The van der Waals surface area contributed by atoms with Gasteiger partial charge in [0.1, 0.15) is 34.9 Å². The van der Waals surface area contributed by atoms with Crippen LogP contribution in [0.2, 0.25) is 0 Å². The average Bonchev–Trinajstić information content (AvgIpc) is 3.32. The van der Waals surface area contributed by atoms with Crippen LogP contribution < -0.4 is 36.7 Å². The van der Waals surface area contributed by atoms with Crippen LogP contribution in [0.4, 0.5) is 29.1 Å². The normalized spacial score (nSPS) is 12.0. The summed E-state index contributed by atoms with van der Waals surface area (Å²) in [7, 11) is 2.61. The van der Waals surface area contributed by atoms with Crippen molar-refractivity contribution >= 4 is 23.3 Å². The monoisotopic (exact) mass is 590 g/mol. The average molecular weight is 590 g/mol. The van der Waals surface area contributed by atoms with Gasteiger partial charge >= 0.3 is 17.8 Å². The summed E-state index contributed by atoms with van der Waals surface area (Å²) >= 11 is 0. The lowest BCUT2D eigenvalue weighted by Crippen LogP contribution is -2.29. The molecule has 0 amide bonds. The second-order valence-corrected chi connectivity index (χ2v) is 8.45. The highest BCUT2D eigenvalue weighted by Gasteiger charge is 2.42. The van der Waals surface area contributed by atoms with E-state index in [0.717, 1.165) is 22.9 Å². The molecular weight excluding hydrogens is 568 g/mol. The Morgan fingerprint density at radius 1 is 1.12 bits per heavy atom. The maximum Gasteiger partial charge on any atom is 0.491 e. The molecule has 220 valence electrons. The summed E-state index contributed by atoms with van der Waals surface area (Å²) in [6.45, 7) is 0. The largest absolute Gasteiger partial charge is 0.493 e. The Kier molecular flexibility index (Phi) is 8.03. The van der Waals surface area contributed by atoms with Crippen LogP contribution in [-0.4, -0.2) is 51.9 Å². The van der Waals surface area contributed by atoms with E-state index in [1.54, 1.807) is 0 Å². The van der Waals surface area contributed by atoms with Gasteiger partial charge in [0.05, 0.1) is 19.8 Å². The van der Waals surface area contributed by atoms with Crippen LogP contribution in [0.3, 0.4) is 0 Å². The van der Waals surface area contributed by atoms with Crippen molar-refractivity contribution in [3.8, 4) is 22.9 Å². The van der Waals surface area contributed by atoms with Crippen molar-refractivity contribution in [2.24, 2.45) is 5.73 Å². The number of ether oxygens (including phenoxy) is 3. The summed E-state index contributed by atoms with van der Waals surface area (Å²) in [4.78, 5) is 30.8. The fourth-order valence-corrected chi connectivity index (χ4v) is 3.85. The van der Waals surface area contributed by atoms with E-state index in [-0.39, 0.29) is 45.6 Å². The molecule has 0 aliphatic rings. The molecule has 2 heterocycles. The number of esters is 1. The van der Waals surface area contributed by atoms with Crippen LogP contribution >= 0.6 is 0 Å². The Balaban J connectivity index is 1.87. The number of carbonyl (C=O) groups excluding carboxylic acids is 1. The topological polar surface area (TPSA) is 196 Å². The molecule has 0 spiro atoms. The molecule has 1 atom stereocenters. The van der Waals surface area contributed by atoms with Crippen molar-refractivity contribution in [3.05, 3.63) is 81.9 Å². The fraction of sp³-hybridized carbons (Fsp3) is 0.160. The number of aromatic nitrogens is 4. The number of pyridine rings is 1. The van der Waals surface area contributed by atoms with Gasteiger partial charge in [0.15, 0.2) is 17.3 Å². The summed E-state index contributed by atoms with van der Waals surface area (Å²) in [6, 6.07) is 7.26. The van der Waals surface area contributed by atoms with E-state index in [9.17, 15) is 22.8 Å². The van der Waals surface area contributed by atoms with Gasteiger partial charge in [-0.15, -0.1) is 5.10 Å². The number of nitrogens with one attached hydrogen (secondary N) is 3. The number of methoxy groups -OCH3 is 2. The molecule has 0 saturated heterocycles. The molecule has 0 saturated carbocycles. The van der Waals surface area contributed by atoms with Gasteiger partial charge in [-0.25, -0.2) is 19.0 Å². The van der Waals surface area contributed by atoms with Crippen molar-refractivity contribution < 1.29 is 36.6 Å². The van der Waals surface area contributed by atoms with Crippen LogP contribution in [0.5, 0.6) is 17.2 Å². The van der Waals surface area contributed by atoms with Crippen molar-refractivity contribution in [2.75, 3.05) is 25.3 Å². The molecule has 4 rings (SSSR count). The molecule has 0 bridgehead atoms. The number of nitrogens with zero attached hydrogens (tertiary/aromatic N) is 3. The molecular formula is C25H22F4N8O5. The minimum absolute atomic E-state index is 0.0320. The number of alkyl halides is 3. The van der Waals surface area contributed by atoms with E-state index in [1.165, 1.54) is 44.7 Å². The maximum absolute atomic E-state index is 15.5. The smallest absolute Gasteiger partial charge is 0.491 e. The summed E-state index contributed by atoms with van der Waals surface area (Å²) in [5.41, 5.74) is 10.2. The molecule has 4 aromatic rings. The predicted octanol–water partition coefficient (Wildman–Crippen LogP) is 2.65. The van der Waals surface area contributed by atoms with Crippen LogP contribution in [0, 0.1) is 11.2 Å². The molecule has 0 aliphatic carbocycles. The molecule has 13 nitrogen and oxygen atoms in total. The molecule has 0 fully saturated rings. The summed E-state index contributed by atoms with van der Waals surface area (Å²) in [5, 5.41) is 14.7. The van der Waals surface area contributed by atoms with Crippen LogP contribution in [0.1, 0.15) is 23.0 Å². The van der Waals surface area contributed by atoms with Gasteiger partial charge in [0.2, 0.25) is 0 Å². The zero-order valence-corrected chi connectivity index (χ0v) is 21.7. The lowest BCUT2D eigenvalue weighted by molar-refractivity contribution is -0.189. The van der Waals surface area contributed by atoms with Gasteiger partial charge in [0, 0.05) is 29.6 Å². The Morgan fingerprint density at radius 3 is 2.43 bits per heavy atom. The minimum Gasteiger partial charge on any atom is -0.493 e. The number of rotatable bonds is 9.